The fourth-order valence-corrected chi connectivity index (χ4v) is 7.82. The molecule has 1 unspecified atom stereocenters. The van der Waals surface area contributed by atoms with Crippen LogP contribution in [-0.2, 0) is 28.7 Å². The van der Waals surface area contributed by atoms with E-state index >= 15 is 0 Å². The maximum atomic E-state index is 14.7. The number of benzene rings is 1. The van der Waals surface area contributed by atoms with Crippen molar-refractivity contribution in [2.75, 3.05) is 24.6 Å². The van der Waals surface area contributed by atoms with Gasteiger partial charge in [0.1, 0.15) is 17.7 Å². The number of halogens is 1. The van der Waals surface area contributed by atoms with E-state index < -0.39 is 53.6 Å². The number of nitrogens with one attached hydrogen (secondary N) is 1. The predicted molar refractivity (Wildman–Crippen MR) is 166 cm³/mol. The fraction of sp³-hybridized carbons (Fsp3) is 0.562. The van der Waals surface area contributed by atoms with E-state index in [1.165, 1.54) is 4.90 Å². The van der Waals surface area contributed by atoms with Gasteiger partial charge in [0.25, 0.3) is 5.91 Å². The van der Waals surface area contributed by atoms with Crippen molar-refractivity contribution in [2.45, 2.75) is 81.7 Å². The summed E-state index contributed by atoms with van der Waals surface area (Å²) in [6.45, 7) is 14.6. The second kappa shape index (κ2) is 13.3. The molecule has 0 radical (unpaired) electrons. The summed E-state index contributed by atoms with van der Waals surface area (Å²) in [7, 11) is 0. The van der Waals surface area contributed by atoms with Crippen LogP contribution in [0.4, 0.5) is 5.69 Å². The first-order valence-electron chi connectivity index (χ1n) is 14.7. The maximum Gasteiger partial charge on any atom is 0.312 e. The van der Waals surface area contributed by atoms with Crippen molar-refractivity contribution in [3.05, 3.63) is 54.6 Å². The Bertz CT molecular complexity index is 1270. The highest BCUT2D eigenvalue weighted by Crippen LogP contribution is 2.60. The minimum atomic E-state index is -1.31. The highest BCUT2D eigenvalue weighted by molar-refractivity contribution is 9.09. The normalized spacial score (nSPS) is 28.7. The van der Waals surface area contributed by atoms with Crippen molar-refractivity contribution < 1.29 is 33.8 Å². The summed E-state index contributed by atoms with van der Waals surface area (Å²) in [6, 6.07) is 3.96. The largest absolute Gasteiger partial charge is 0.460 e. The van der Waals surface area contributed by atoms with Gasteiger partial charge in [0.15, 0.2) is 0 Å². The number of aryl methyl sites for hydroxylation is 2. The van der Waals surface area contributed by atoms with Gasteiger partial charge in [-0.05, 0) is 51.7 Å². The lowest BCUT2D eigenvalue weighted by atomic mass is 9.70. The Kier molecular flexibility index (Phi) is 10.2. The molecule has 3 amide bonds. The predicted octanol–water partition coefficient (Wildman–Crippen LogP) is 2.97. The molecule has 1 aromatic carbocycles. The van der Waals surface area contributed by atoms with Crippen LogP contribution in [0.15, 0.2) is 43.5 Å². The topological polar surface area (TPSA) is 125 Å². The summed E-state index contributed by atoms with van der Waals surface area (Å²) in [5.74, 6) is -3.53. The van der Waals surface area contributed by atoms with Crippen LogP contribution in [0.25, 0.3) is 0 Å². The number of likely N-dealkylation sites (tertiary alicyclic amines) is 1. The molecule has 11 heteroatoms. The Morgan fingerprint density at radius 2 is 1.93 bits per heavy atom. The molecular weight excluding hydrogens is 618 g/mol. The van der Waals surface area contributed by atoms with Gasteiger partial charge in [-0.2, -0.15) is 0 Å². The minimum Gasteiger partial charge on any atom is -0.460 e. The number of hydrogen-bond acceptors (Lipinski definition) is 7. The molecule has 0 saturated carbocycles. The molecule has 0 aromatic heterocycles. The molecule has 4 rings (SSSR count). The molecule has 2 bridgehead atoms. The van der Waals surface area contributed by atoms with E-state index in [1.54, 1.807) is 30.9 Å². The second-order valence-corrected chi connectivity index (χ2v) is 13.0. The molecule has 3 saturated heterocycles. The van der Waals surface area contributed by atoms with Gasteiger partial charge in [0.05, 0.1) is 37.1 Å². The maximum absolute atomic E-state index is 14.7. The average Bonchev–Trinajstić information content (AvgIpc) is 3.56. The number of anilines is 1. The van der Waals surface area contributed by atoms with Crippen LogP contribution in [0.1, 0.15) is 44.2 Å². The van der Waals surface area contributed by atoms with E-state index in [4.69, 9.17) is 9.47 Å². The number of aliphatic hydroxyl groups is 1. The number of allylic oxidation sites excluding steroid dienone is 1. The van der Waals surface area contributed by atoms with Crippen LogP contribution in [0, 0.1) is 25.7 Å². The number of amides is 3. The SMILES string of the molecule is C=CCCC(=O)NC[C@@H](C)OC(=O)[C@@H]1[C@H]2O[C@@]3(CC2Br)[C@H](C(=O)N(CC=C)c2c(C)cccc2C)N([C@H](C)CO)C(=O)[C@@H]13. The van der Waals surface area contributed by atoms with Gasteiger partial charge in [-0.25, -0.2) is 0 Å². The van der Waals surface area contributed by atoms with Crippen molar-refractivity contribution in [3.63, 3.8) is 0 Å². The molecule has 8 atom stereocenters. The third-order valence-electron chi connectivity index (χ3n) is 8.74. The zero-order chi connectivity index (χ0) is 31.6. The lowest BCUT2D eigenvalue weighted by Crippen LogP contribution is -2.59. The number of carbonyl (C=O) groups is 4. The highest BCUT2D eigenvalue weighted by Gasteiger charge is 2.77. The van der Waals surface area contributed by atoms with Crippen molar-refractivity contribution in [1.82, 2.24) is 10.2 Å². The molecule has 2 N–H and O–H groups in total. The van der Waals surface area contributed by atoms with E-state index in [1.807, 2.05) is 32.0 Å². The molecule has 3 aliphatic rings. The molecule has 10 nitrogen and oxygen atoms in total. The summed E-state index contributed by atoms with van der Waals surface area (Å²) in [5, 5.41) is 12.9. The Morgan fingerprint density at radius 3 is 2.53 bits per heavy atom. The van der Waals surface area contributed by atoms with Gasteiger partial charge in [-0.1, -0.05) is 46.3 Å². The molecule has 1 spiro atoms. The van der Waals surface area contributed by atoms with Crippen LogP contribution in [0.5, 0.6) is 0 Å². The minimum absolute atomic E-state index is 0.114. The van der Waals surface area contributed by atoms with Crippen LogP contribution < -0.4 is 10.2 Å². The Labute approximate surface area is 261 Å². The number of aliphatic hydroxyl groups excluding tert-OH is 1. The average molecular weight is 661 g/mol. The van der Waals surface area contributed by atoms with Crippen molar-refractivity contribution in [1.29, 1.82) is 0 Å². The fourth-order valence-electron chi connectivity index (χ4n) is 6.88. The number of carbonyl (C=O) groups excluding carboxylic acids is 4. The van der Waals surface area contributed by atoms with Gasteiger partial charge in [0, 0.05) is 23.5 Å². The Balaban J connectivity index is 1.68. The molecule has 3 fully saturated rings. The van der Waals surface area contributed by atoms with Crippen LogP contribution in [0.3, 0.4) is 0 Å². The molecule has 1 aromatic rings. The van der Waals surface area contributed by atoms with Crippen LogP contribution in [0.2, 0.25) is 0 Å². The van der Waals surface area contributed by atoms with Crippen molar-refractivity contribution >= 4 is 45.3 Å². The summed E-state index contributed by atoms with van der Waals surface area (Å²) >= 11 is 3.66. The van der Waals surface area contributed by atoms with Crippen molar-refractivity contribution in [3.8, 4) is 0 Å². The number of esters is 1. The zero-order valence-electron chi connectivity index (χ0n) is 25.3. The Morgan fingerprint density at radius 1 is 1.26 bits per heavy atom. The number of ether oxygens (including phenoxy) is 2. The summed E-state index contributed by atoms with van der Waals surface area (Å²) < 4.78 is 12.3. The number of hydrogen-bond donors (Lipinski definition) is 2. The first-order chi connectivity index (χ1) is 20.4. The van der Waals surface area contributed by atoms with E-state index in [2.05, 4.69) is 34.4 Å². The molecule has 0 aliphatic carbocycles. The van der Waals surface area contributed by atoms with E-state index in [0.717, 1.165) is 16.8 Å². The first kappa shape index (κ1) is 32.9. The highest BCUT2D eigenvalue weighted by atomic mass is 79.9. The summed E-state index contributed by atoms with van der Waals surface area (Å²) in [4.78, 5) is 57.3. The quantitative estimate of drug-likeness (QED) is 0.189. The second-order valence-electron chi connectivity index (χ2n) is 11.8. The number of fused-ring (bicyclic) bond motifs is 1. The van der Waals surface area contributed by atoms with Crippen LogP contribution in [-0.4, -0.2) is 88.1 Å². The third-order valence-corrected chi connectivity index (χ3v) is 9.58. The lowest BCUT2D eigenvalue weighted by Gasteiger charge is -2.39. The lowest BCUT2D eigenvalue weighted by molar-refractivity contribution is -0.159. The number of para-hydroxylation sites is 1. The summed E-state index contributed by atoms with van der Waals surface area (Å²) in [6.07, 6.45) is 3.09. The first-order valence-corrected chi connectivity index (χ1v) is 15.7. The number of rotatable bonds is 13. The standard InChI is InChI=1S/C32H42BrN3O7/c1-7-9-13-23(38)34-16-21(6)42-31(41)24-25-29(39)36(20(5)17-37)28(32(25)15-22(33)27(24)43-32)30(40)35(14-8-2)26-18(3)11-10-12-19(26)4/h7-8,10-12,20-22,24-25,27-28,37H,1-2,9,13-17H2,3-6H3,(H,34,38)/t20-,21-,22?,24+,25-,27+,28+,32-/m1/s1. The smallest absolute Gasteiger partial charge is 0.312 e. The molecule has 3 aliphatic heterocycles. The van der Waals surface area contributed by atoms with Crippen molar-refractivity contribution in [2.24, 2.45) is 11.8 Å². The van der Waals surface area contributed by atoms with Crippen LogP contribution >= 0.6 is 15.9 Å². The molecule has 43 heavy (non-hydrogen) atoms. The Hall–Kier alpha value is -3.02. The monoisotopic (exact) mass is 659 g/mol. The number of alkyl halides is 1. The van der Waals surface area contributed by atoms with E-state index in [-0.39, 0.29) is 42.8 Å². The van der Waals surface area contributed by atoms with Gasteiger partial charge < -0.3 is 29.7 Å². The third kappa shape index (κ3) is 5.91. The van der Waals surface area contributed by atoms with E-state index in [0.29, 0.717) is 12.8 Å². The molecular formula is C32H42BrN3O7. The van der Waals surface area contributed by atoms with E-state index in [9.17, 15) is 24.3 Å². The summed E-state index contributed by atoms with van der Waals surface area (Å²) in [5.41, 5.74) is 1.19. The molecule has 234 valence electrons. The van der Waals surface area contributed by atoms with Gasteiger partial charge in [-0.3, -0.25) is 19.2 Å². The zero-order valence-corrected chi connectivity index (χ0v) is 26.8. The number of nitrogens with zero attached hydrogens (tertiary/aromatic N) is 2. The van der Waals surface area contributed by atoms with Gasteiger partial charge in [-0.15, -0.1) is 13.2 Å². The van der Waals surface area contributed by atoms with Gasteiger partial charge in [0.2, 0.25) is 11.8 Å². The van der Waals surface area contributed by atoms with Gasteiger partial charge >= 0.3 is 5.97 Å². The molecule has 3 heterocycles.